The van der Waals surface area contributed by atoms with Gasteiger partial charge in [-0.15, -0.1) is 0 Å². The Kier molecular flexibility index (Phi) is 5.62. The summed E-state index contributed by atoms with van der Waals surface area (Å²) in [5, 5.41) is 13.0. The van der Waals surface area contributed by atoms with Gasteiger partial charge < -0.3 is 15.3 Å². The summed E-state index contributed by atoms with van der Waals surface area (Å²) in [6.07, 6.45) is 3.35. The van der Waals surface area contributed by atoms with E-state index in [-0.39, 0.29) is 6.03 Å². The summed E-state index contributed by atoms with van der Waals surface area (Å²) in [6.45, 7) is 4.70. The number of nitrogens with one attached hydrogen (secondary N) is 1. The van der Waals surface area contributed by atoms with Gasteiger partial charge in [0, 0.05) is 18.6 Å². The number of piperidine rings is 1. The molecule has 1 aromatic rings. The number of aliphatic hydroxyl groups excluding tert-OH is 1. The first-order valence-electron chi connectivity index (χ1n) is 7.88. The van der Waals surface area contributed by atoms with Gasteiger partial charge in [-0.25, -0.2) is 4.79 Å². The molecule has 1 aliphatic heterocycles. The molecule has 0 radical (unpaired) electrons. The van der Waals surface area contributed by atoms with E-state index >= 15 is 0 Å². The number of rotatable bonds is 4. The minimum absolute atomic E-state index is 0.00467. The van der Waals surface area contributed by atoms with E-state index in [9.17, 15) is 9.90 Å². The Bertz CT molecular complexity index is 439. The Labute approximate surface area is 127 Å². The van der Waals surface area contributed by atoms with Crippen molar-refractivity contribution in [1.29, 1.82) is 0 Å². The highest BCUT2D eigenvalue weighted by molar-refractivity contribution is 5.75. The molecule has 4 nitrogen and oxygen atoms in total. The average molecular weight is 290 g/mol. The molecule has 0 aliphatic carbocycles. The molecule has 0 spiro atoms. The van der Waals surface area contributed by atoms with Crippen molar-refractivity contribution in [3.63, 3.8) is 0 Å². The highest BCUT2D eigenvalue weighted by atomic mass is 16.3. The molecule has 21 heavy (non-hydrogen) atoms. The number of carbonyl (C=O) groups is 1. The van der Waals surface area contributed by atoms with E-state index in [0.29, 0.717) is 25.0 Å². The molecular formula is C17H26N2O2. The number of aliphatic hydroxyl groups is 1. The number of amides is 2. The first kappa shape index (κ1) is 15.8. The molecule has 1 fully saturated rings. The van der Waals surface area contributed by atoms with E-state index in [2.05, 4.69) is 19.2 Å². The number of carbonyl (C=O) groups excluding carboxylic acids is 1. The van der Waals surface area contributed by atoms with E-state index in [4.69, 9.17) is 0 Å². The summed E-state index contributed by atoms with van der Waals surface area (Å²) < 4.78 is 0. The van der Waals surface area contributed by atoms with Crippen LogP contribution in [0.2, 0.25) is 0 Å². The van der Waals surface area contributed by atoms with Crippen molar-refractivity contribution < 1.29 is 9.90 Å². The Hall–Kier alpha value is -1.55. The quantitative estimate of drug-likeness (QED) is 0.895. The second kappa shape index (κ2) is 7.46. The SMILES string of the molecule is CC1CCCC(C)N1C(=O)NCCC(O)c1ccccc1. The van der Waals surface area contributed by atoms with E-state index in [0.717, 1.165) is 18.4 Å². The average Bonchev–Trinajstić information content (AvgIpc) is 2.48. The molecular weight excluding hydrogens is 264 g/mol. The highest BCUT2D eigenvalue weighted by Crippen LogP contribution is 2.22. The first-order valence-corrected chi connectivity index (χ1v) is 7.88. The third kappa shape index (κ3) is 4.21. The largest absolute Gasteiger partial charge is 0.388 e. The molecule has 1 heterocycles. The lowest BCUT2D eigenvalue weighted by Gasteiger charge is -2.39. The predicted octanol–water partition coefficient (Wildman–Crippen LogP) is 3.08. The summed E-state index contributed by atoms with van der Waals surface area (Å²) in [6, 6.07) is 10.2. The van der Waals surface area contributed by atoms with Crippen molar-refractivity contribution >= 4 is 6.03 Å². The third-order valence-electron chi connectivity index (χ3n) is 4.31. The van der Waals surface area contributed by atoms with Crippen LogP contribution in [-0.2, 0) is 0 Å². The monoisotopic (exact) mass is 290 g/mol. The van der Waals surface area contributed by atoms with E-state index in [1.807, 2.05) is 35.2 Å². The Morgan fingerprint density at radius 1 is 1.29 bits per heavy atom. The van der Waals surface area contributed by atoms with E-state index < -0.39 is 6.10 Å². The van der Waals surface area contributed by atoms with Crippen molar-refractivity contribution in [2.75, 3.05) is 6.54 Å². The van der Waals surface area contributed by atoms with Crippen LogP contribution in [0.3, 0.4) is 0 Å². The van der Waals surface area contributed by atoms with Crippen LogP contribution in [0.15, 0.2) is 30.3 Å². The smallest absolute Gasteiger partial charge is 0.317 e. The number of hydrogen-bond acceptors (Lipinski definition) is 2. The molecule has 1 aliphatic rings. The number of urea groups is 1. The molecule has 0 aromatic heterocycles. The van der Waals surface area contributed by atoms with Gasteiger partial charge in [-0.05, 0) is 45.1 Å². The predicted molar refractivity (Wildman–Crippen MR) is 84.0 cm³/mol. The lowest BCUT2D eigenvalue weighted by atomic mass is 9.98. The lowest BCUT2D eigenvalue weighted by molar-refractivity contribution is 0.120. The zero-order valence-corrected chi connectivity index (χ0v) is 13.0. The maximum absolute atomic E-state index is 12.3. The molecule has 2 amide bonds. The Morgan fingerprint density at radius 3 is 2.52 bits per heavy atom. The van der Waals surface area contributed by atoms with Crippen LogP contribution in [0.25, 0.3) is 0 Å². The number of likely N-dealkylation sites (tertiary alicyclic amines) is 1. The van der Waals surface area contributed by atoms with Crippen LogP contribution in [0.1, 0.15) is 51.2 Å². The van der Waals surface area contributed by atoms with Gasteiger partial charge in [0.1, 0.15) is 0 Å². The molecule has 3 unspecified atom stereocenters. The van der Waals surface area contributed by atoms with Gasteiger partial charge in [0.15, 0.2) is 0 Å². The lowest BCUT2D eigenvalue weighted by Crippen LogP contribution is -2.52. The maximum Gasteiger partial charge on any atom is 0.317 e. The minimum atomic E-state index is -0.525. The van der Waals surface area contributed by atoms with Crippen LogP contribution >= 0.6 is 0 Å². The number of benzene rings is 1. The standard InChI is InChI=1S/C17H26N2O2/c1-13-7-6-8-14(2)19(13)17(21)18-12-11-16(20)15-9-4-3-5-10-15/h3-5,9-10,13-14,16,20H,6-8,11-12H2,1-2H3,(H,18,21). The first-order chi connectivity index (χ1) is 10.1. The zero-order chi connectivity index (χ0) is 15.2. The fourth-order valence-corrected chi connectivity index (χ4v) is 3.07. The highest BCUT2D eigenvalue weighted by Gasteiger charge is 2.28. The minimum Gasteiger partial charge on any atom is -0.388 e. The molecule has 2 rings (SSSR count). The molecule has 0 saturated carbocycles. The molecule has 4 heteroatoms. The van der Waals surface area contributed by atoms with Crippen molar-refractivity contribution in [3.05, 3.63) is 35.9 Å². The molecule has 1 aromatic carbocycles. The van der Waals surface area contributed by atoms with Gasteiger partial charge in [-0.1, -0.05) is 30.3 Å². The van der Waals surface area contributed by atoms with Crippen molar-refractivity contribution in [1.82, 2.24) is 10.2 Å². The third-order valence-corrected chi connectivity index (χ3v) is 4.31. The fourth-order valence-electron chi connectivity index (χ4n) is 3.07. The van der Waals surface area contributed by atoms with Gasteiger partial charge in [-0.3, -0.25) is 0 Å². The second-order valence-corrected chi connectivity index (χ2v) is 5.98. The topological polar surface area (TPSA) is 52.6 Å². The number of nitrogens with zero attached hydrogens (tertiary/aromatic N) is 1. The molecule has 116 valence electrons. The van der Waals surface area contributed by atoms with Crippen LogP contribution in [0, 0.1) is 0 Å². The molecule has 2 N–H and O–H groups in total. The summed E-state index contributed by atoms with van der Waals surface area (Å²) in [5.74, 6) is 0. The van der Waals surface area contributed by atoms with E-state index in [1.165, 1.54) is 6.42 Å². The second-order valence-electron chi connectivity index (χ2n) is 5.98. The van der Waals surface area contributed by atoms with Crippen LogP contribution in [-0.4, -0.2) is 34.7 Å². The number of hydrogen-bond donors (Lipinski definition) is 2. The van der Waals surface area contributed by atoms with Crippen molar-refractivity contribution in [3.8, 4) is 0 Å². The van der Waals surface area contributed by atoms with Crippen LogP contribution in [0.4, 0.5) is 4.79 Å². The molecule has 1 saturated heterocycles. The molecule has 0 bridgehead atoms. The summed E-state index contributed by atoms with van der Waals surface area (Å²) in [4.78, 5) is 14.2. The van der Waals surface area contributed by atoms with Crippen molar-refractivity contribution in [2.45, 2.75) is 57.7 Å². The van der Waals surface area contributed by atoms with Gasteiger partial charge in [0.2, 0.25) is 0 Å². The summed E-state index contributed by atoms with van der Waals surface area (Å²) in [7, 11) is 0. The van der Waals surface area contributed by atoms with Gasteiger partial charge in [0.05, 0.1) is 6.10 Å². The van der Waals surface area contributed by atoms with Crippen molar-refractivity contribution in [2.24, 2.45) is 0 Å². The molecule has 3 atom stereocenters. The van der Waals surface area contributed by atoms with Gasteiger partial charge in [-0.2, -0.15) is 0 Å². The zero-order valence-electron chi connectivity index (χ0n) is 13.0. The van der Waals surface area contributed by atoms with E-state index in [1.54, 1.807) is 0 Å². The van der Waals surface area contributed by atoms with Crippen LogP contribution in [0.5, 0.6) is 0 Å². The van der Waals surface area contributed by atoms with Gasteiger partial charge in [0.25, 0.3) is 0 Å². The van der Waals surface area contributed by atoms with Crippen LogP contribution < -0.4 is 5.32 Å². The normalized spacial score (nSPS) is 23.7. The Morgan fingerprint density at radius 2 is 1.90 bits per heavy atom. The Balaban J connectivity index is 1.79. The summed E-state index contributed by atoms with van der Waals surface area (Å²) >= 11 is 0. The summed E-state index contributed by atoms with van der Waals surface area (Å²) in [5.41, 5.74) is 0.895. The maximum atomic E-state index is 12.3. The van der Waals surface area contributed by atoms with Gasteiger partial charge >= 0.3 is 6.03 Å². The fraction of sp³-hybridized carbons (Fsp3) is 0.588.